The molecule has 0 radical (unpaired) electrons. The molecular formula is C26H36N2. The monoisotopic (exact) mass is 376 g/mol. The number of aryl methyl sites for hydroxylation is 2. The summed E-state index contributed by atoms with van der Waals surface area (Å²) in [5, 5.41) is 7.05. The molecule has 2 aromatic rings. The SMILES string of the molecule is CCC(=C/C=C(\C)NCc1ccc(CNc2ccc(CC)cc2)cc1C)CC. The summed E-state index contributed by atoms with van der Waals surface area (Å²) in [6.45, 7) is 12.7. The third kappa shape index (κ3) is 6.92. The summed E-state index contributed by atoms with van der Waals surface area (Å²) < 4.78 is 0. The van der Waals surface area contributed by atoms with Gasteiger partial charge in [-0.3, -0.25) is 0 Å². The summed E-state index contributed by atoms with van der Waals surface area (Å²) in [5.41, 5.74) is 9.23. The van der Waals surface area contributed by atoms with Crippen molar-refractivity contribution in [2.75, 3.05) is 5.32 Å². The van der Waals surface area contributed by atoms with Gasteiger partial charge in [-0.25, -0.2) is 0 Å². The Hall–Kier alpha value is -2.48. The molecule has 2 nitrogen and oxygen atoms in total. The number of benzene rings is 2. The lowest BCUT2D eigenvalue weighted by Crippen LogP contribution is -2.11. The highest BCUT2D eigenvalue weighted by Gasteiger charge is 2.01. The van der Waals surface area contributed by atoms with Gasteiger partial charge in [-0.15, -0.1) is 0 Å². The smallest absolute Gasteiger partial charge is 0.0400 e. The van der Waals surface area contributed by atoms with E-state index in [0.29, 0.717) is 0 Å². The summed E-state index contributed by atoms with van der Waals surface area (Å²) >= 11 is 0. The van der Waals surface area contributed by atoms with E-state index in [1.165, 1.54) is 39.2 Å². The number of hydrogen-bond donors (Lipinski definition) is 2. The molecule has 28 heavy (non-hydrogen) atoms. The van der Waals surface area contributed by atoms with Crippen molar-refractivity contribution in [2.24, 2.45) is 0 Å². The van der Waals surface area contributed by atoms with Crippen LogP contribution in [-0.4, -0.2) is 0 Å². The maximum Gasteiger partial charge on any atom is 0.0400 e. The minimum atomic E-state index is 0.848. The van der Waals surface area contributed by atoms with E-state index >= 15 is 0 Å². The zero-order valence-corrected chi connectivity index (χ0v) is 18.2. The fraction of sp³-hybridized carbons (Fsp3) is 0.385. The quantitative estimate of drug-likeness (QED) is 0.440. The number of rotatable bonds is 10. The molecule has 0 unspecified atom stereocenters. The predicted octanol–water partition coefficient (Wildman–Crippen LogP) is 6.91. The van der Waals surface area contributed by atoms with Crippen molar-refractivity contribution in [3.05, 3.63) is 88.1 Å². The van der Waals surface area contributed by atoms with Crippen LogP contribution in [0.4, 0.5) is 5.69 Å². The Morgan fingerprint density at radius 3 is 2.14 bits per heavy atom. The van der Waals surface area contributed by atoms with Crippen LogP contribution in [0.25, 0.3) is 0 Å². The van der Waals surface area contributed by atoms with Crippen LogP contribution in [0, 0.1) is 6.92 Å². The lowest BCUT2D eigenvalue weighted by Gasteiger charge is -2.12. The summed E-state index contributed by atoms with van der Waals surface area (Å²) in [6.07, 6.45) is 7.77. The highest BCUT2D eigenvalue weighted by Crippen LogP contribution is 2.15. The topological polar surface area (TPSA) is 24.1 Å². The Kier molecular flexibility index (Phi) is 8.87. The molecule has 0 fully saturated rings. The van der Waals surface area contributed by atoms with Crippen LogP contribution in [0.15, 0.2) is 65.9 Å². The first kappa shape index (κ1) is 21.8. The third-order valence-corrected chi connectivity index (χ3v) is 5.30. The molecule has 0 saturated heterocycles. The molecule has 0 aliphatic rings. The van der Waals surface area contributed by atoms with Crippen molar-refractivity contribution in [1.29, 1.82) is 0 Å². The summed E-state index contributed by atoms with van der Waals surface area (Å²) in [5.74, 6) is 0. The molecule has 2 rings (SSSR count). The predicted molar refractivity (Wildman–Crippen MR) is 124 cm³/mol. The largest absolute Gasteiger partial charge is 0.384 e. The Morgan fingerprint density at radius 1 is 0.857 bits per heavy atom. The molecule has 2 aromatic carbocycles. The van der Waals surface area contributed by atoms with Crippen molar-refractivity contribution in [3.8, 4) is 0 Å². The first-order valence-electron chi connectivity index (χ1n) is 10.6. The van der Waals surface area contributed by atoms with Crippen LogP contribution in [0.3, 0.4) is 0 Å². The minimum Gasteiger partial charge on any atom is -0.384 e. The van der Waals surface area contributed by atoms with Crippen molar-refractivity contribution in [3.63, 3.8) is 0 Å². The lowest BCUT2D eigenvalue weighted by molar-refractivity contribution is 0.805. The number of anilines is 1. The molecular weight excluding hydrogens is 340 g/mol. The highest BCUT2D eigenvalue weighted by atomic mass is 14.9. The van der Waals surface area contributed by atoms with E-state index in [1.807, 2.05) is 0 Å². The van der Waals surface area contributed by atoms with Crippen molar-refractivity contribution >= 4 is 5.69 Å². The first-order valence-corrected chi connectivity index (χ1v) is 10.6. The fourth-order valence-corrected chi connectivity index (χ4v) is 3.15. The van der Waals surface area contributed by atoms with Gasteiger partial charge in [-0.05, 0) is 73.6 Å². The molecule has 0 saturated carbocycles. The number of hydrogen-bond acceptors (Lipinski definition) is 2. The maximum absolute atomic E-state index is 3.53. The van der Waals surface area contributed by atoms with Gasteiger partial charge in [0.05, 0.1) is 0 Å². The van der Waals surface area contributed by atoms with E-state index in [0.717, 1.165) is 32.4 Å². The van der Waals surface area contributed by atoms with Crippen LogP contribution in [-0.2, 0) is 19.5 Å². The summed E-state index contributed by atoms with van der Waals surface area (Å²) in [4.78, 5) is 0. The van der Waals surface area contributed by atoms with Gasteiger partial charge in [-0.1, -0.05) is 62.8 Å². The second-order valence-electron chi connectivity index (χ2n) is 7.40. The van der Waals surface area contributed by atoms with Gasteiger partial charge in [0.2, 0.25) is 0 Å². The van der Waals surface area contributed by atoms with Gasteiger partial charge in [0, 0.05) is 24.5 Å². The average Bonchev–Trinajstić information content (AvgIpc) is 2.72. The van der Waals surface area contributed by atoms with Crippen LogP contribution < -0.4 is 10.6 Å². The molecule has 0 spiro atoms. The van der Waals surface area contributed by atoms with E-state index in [4.69, 9.17) is 0 Å². The Bertz CT molecular complexity index is 792. The second-order valence-corrected chi connectivity index (χ2v) is 7.40. The van der Waals surface area contributed by atoms with Crippen LogP contribution in [0.2, 0.25) is 0 Å². The van der Waals surface area contributed by atoms with E-state index in [1.54, 1.807) is 0 Å². The van der Waals surface area contributed by atoms with Crippen LogP contribution in [0.5, 0.6) is 0 Å². The van der Waals surface area contributed by atoms with Crippen LogP contribution in [0.1, 0.15) is 62.8 Å². The zero-order chi connectivity index (χ0) is 20.4. The maximum atomic E-state index is 3.53. The van der Waals surface area contributed by atoms with Gasteiger partial charge < -0.3 is 10.6 Å². The van der Waals surface area contributed by atoms with Gasteiger partial charge >= 0.3 is 0 Å². The minimum absolute atomic E-state index is 0.848. The molecule has 0 atom stereocenters. The first-order chi connectivity index (χ1) is 13.5. The molecule has 0 heterocycles. The summed E-state index contributed by atoms with van der Waals surface area (Å²) in [7, 11) is 0. The molecule has 150 valence electrons. The Balaban J connectivity index is 1.90. The lowest BCUT2D eigenvalue weighted by atomic mass is 10.0. The highest BCUT2D eigenvalue weighted by molar-refractivity contribution is 5.45. The molecule has 0 aliphatic carbocycles. The molecule has 0 aromatic heterocycles. The standard InChI is InChI=1S/C26H36N2/c1-6-22(7-2)10-9-21(5)27-19-25-14-11-24(17-20(25)4)18-28-26-15-12-23(8-3)13-16-26/h9-17,27-28H,6-8,18-19H2,1-5H3/b21-9+. The van der Waals surface area contributed by atoms with Gasteiger partial charge in [-0.2, -0.15) is 0 Å². The van der Waals surface area contributed by atoms with E-state index in [-0.39, 0.29) is 0 Å². The van der Waals surface area contributed by atoms with Crippen molar-refractivity contribution < 1.29 is 0 Å². The van der Waals surface area contributed by atoms with Crippen molar-refractivity contribution in [1.82, 2.24) is 5.32 Å². The van der Waals surface area contributed by atoms with E-state index in [9.17, 15) is 0 Å². The molecule has 0 amide bonds. The van der Waals surface area contributed by atoms with E-state index in [2.05, 4.69) is 99.9 Å². The van der Waals surface area contributed by atoms with Gasteiger partial charge in [0.1, 0.15) is 0 Å². The zero-order valence-electron chi connectivity index (χ0n) is 18.2. The van der Waals surface area contributed by atoms with E-state index < -0.39 is 0 Å². The summed E-state index contributed by atoms with van der Waals surface area (Å²) in [6, 6.07) is 15.5. The normalized spacial score (nSPS) is 11.2. The number of allylic oxidation sites excluding steroid dienone is 4. The average molecular weight is 377 g/mol. The molecule has 2 heteroatoms. The van der Waals surface area contributed by atoms with Crippen molar-refractivity contribution in [2.45, 2.75) is 67.0 Å². The second kappa shape index (κ2) is 11.4. The van der Waals surface area contributed by atoms with Gasteiger partial charge in [0.15, 0.2) is 0 Å². The molecule has 0 bridgehead atoms. The Morgan fingerprint density at radius 2 is 1.54 bits per heavy atom. The van der Waals surface area contributed by atoms with Crippen LogP contribution >= 0.6 is 0 Å². The number of nitrogens with one attached hydrogen (secondary N) is 2. The third-order valence-electron chi connectivity index (χ3n) is 5.30. The molecule has 2 N–H and O–H groups in total. The van der Waals surface area contributed by atoms with Gasteiger partial charge in [0.25, 0.3) is 0 Å². The fourth-order valence-electron chi connectivity index (χ4n) is 3.15. The molecule has 0 aliphatic heterocycles. The Labute approximate surface area is 171 Å².